The maximum atomic E-state index is 13.3. The van der Waals surface area contributed by atoms with E-state index in [-0.39, 0.29) is 23.0 Å². The molecule has 2 unspecified atom stereocenters. The van der Waals surface area contributed by atoms with Gasteiger partial charge >= 0.3 is 12.2 Å². The van der Waals surface area contributed by atoms with Crippen molar-refractivity contribution in [1.29, 1.82) is 0 Å². The van der Waals surface area contributed by atoms with Gasteiger partial charge in [-0.15, -0.1) is 0 Å². The van der Waals surface area contributed by atoms with Crippen LogP contribution in [0.3, 0.4) is 0 Å². The van der Waals surface area contributed by atoms with Crippen LogP contribution < -0.4 is 14.8 Å². The number of benzene rings is 2. The second kappa shape index (κ2) is 15.1. The smallest absolute Gasteiger partial charge is 0.410 e. The van der Waals surface area contributed by atoms with Crippen molar-refractivity contribution in [2.24, 2.45) is 10.8 Å². The van der Waals surface area contributed by atoms with Crippen molar-refractivity contribution in [3.63, 3.8) is 0 Å². The number of hydrogen-bond acceptors (Lipinski definition) is 4. The summed E-state index contributed by atoms with van der Waals surface area (Å²) in [5.74, 6) is 1.19. The molecule has 1 aliphatic rings. The van der Waals surface area contributed by atoms with Gasteiger partial charge in [0.25, 0.3) is 0 Å². The van der Waals surface area contributed by atoms with Crippen LogP contribution in [0.1, 0.15) is 98.0 Å². The lowest BCUT2D eigenvalue weighted by molar-refractivity contribution is 0.0393. The number of aryl methyl sites for hydroxylation is 1. The van der Waals surface area contributed by atoms with E-state index in [1.807, 2.05) is 47.4 Å². The Kier molecular flexibility index (Phi) is 11.9. The second-order valence-electron chi connectivity index (χ2n) is 12.7. The fourth-order valence-corrected chi connectivity index (χ4v) is 6.43. The number of nitrogens with zero attached hydrogens (tertiary/aromatic N) is 1. The van der Waals surface area contributed by atoms with E-state index in [1.165, 1.54) is 0 Å². The van der Waals surface area contributed by atoms with Crippen molar-refractivity contribution in [1.82, 2.24) is 10.2 Å². The van der Waals surface area contributed by atoms with Gasteiger partial charge in [0.2, 0.25) is 0 Å². The Labute approximate surface area is 241 Å². The van der Waals surface area contributed by atoms with Crippen LogP contribution >= 0.6 is 0 Å². The van der Waals surface area contributed by atoms with Gasteiger partial charge in [-0.2, -0.15) is 0 Å². The highest BCUT2D eigenvalue weighted by atomic mass is 16.6. The molecule has 1 fully saturated rings. The number of para-hydroxylation sites is 2. The minimum atomic E-state index is -0.406. The summed E-state index contributed by atoms with van der Waals surface area (Å²) in [6.07, 6.45) is 9.24. The Balaban J connectivity index is 1.68. The van der Waals surface area contributed by atoms with E-state index in [0.29, 0.717) is 24.6 Å². The maximum Gasteiger partial charge on any atom is 0.415 e. The van der Waals surface area contributed by atoms with Gasteiger partial charge in [-0.25, -0.2) is 9.59 Å². The van der Waals surface area contributed by atoms with Crippen LogP contribution in [-0.4, -0.2) is 36.2 Å². The number of hydrogen-bond donors (Lipinski definition) is 1. The maximum absolute atomic E-state index is 13.3. The molecule has 2 amide bonds. The number of nitrogens with one attached hydrogen (secondary N) is 1. The van der Waals surface area contributed by atoms with E-state index in [9.17, 15) is 9.59 Å². The number of carbonyl (C=O) groups is 2. The van der Waals surface area contributed by atoms with Gasteiger partial charge < -0.3 is 19.7 Å². The van der Waals surface area contributed by atoms with Crippen LogP contribution in [0, 0.1) is 10.8 Å². The molecule has 0 spiro atoms. The molecule has 40 heavy (non-hydrogen) atoms. The first-order valence-electron chi connectivity index (χ1n) is 15.2. The SMILES string of the molecule is CCCCCc1ccccc1OC(=O)NC1CC(C)(C)CC(C)(CN(CCCCC)C(=O)Oc2ccccc2)C1. The van der Waals surface area contributed by atoms with Gasteiger partial charge in [0.15, 0.2) is 0 Å². The van der Waals surface area contributed by atoms with Crippen molar-refractivity contribution < 1.29 is 19.1 Å². The summed E-state index contributed by atoms with van der Waals surface area (Å²) in [4.78, 5) is 28.2. The number of ether oxygens (including phenoxy) is 2. The molecule has 0 saturated heterocycles. The van der Waals surface area contributed by atoms with Gasteiger partial charge in [-0.05, 0) is 73.1 Å². The molecule has 2 aromatic carbocycles. The molecule has 220 valence electrons. The molecule has 6 heteroatoms. The number of rotatable bonds is 13. The molecule has 1 N–H and O–H groups in total. The Morgan fingerprint density at radius 2 is 1.55 bits per heavy atom. The predicted molar refractivity (Wildman–Crippen MR) is 162 cm³/mol. The summed E-state index contributed by atoms with van der Waals surface area (Å²) in [5.41, 5.74) is 0.890. The second-order valence-corrected chi connectivity index (χ2v) is 12.7. The molecule has 0 heterocycles. The number of unbranched alkanes of at least 4 members (excludes halogenated alkanes) is 4. The average Bonchev–Trinajstić information content (AvgIpc) is 2.88. The molecular formula is C34H50N2O4. The topological polar surface area (TPSA) is 67.9 Å². The zero-order chi connectivity index (χ0) is 29.0. The molecule has 0 bridgehead atoms. The van der Waals surface area contributed by atoms with Gasteiger partial charge in [0.05, 0.1) is 0 Å². The molecule has 0 aromatic heterocycles. The van der Waals surface area contributed by atoms with Crippen molar-refractivity contribution in [3.8, 4) is 11.5 Å². The van der Waals surface area contributed by atoms with Crippen LogP contribution in [0.5, 0.6) is 11.5 Å². The zero-order valence-corrected chi connectivity index (χ0v) is 25.3. The Morgan fingerprint density at radius 1 is 0.875 bits per heavy atom. The monoisotopic (exact) mass is 550 g/mol. The Bertz CT molecular complexity index is 1070. The minimum Gasteiger partial charge on any atom is -0.410 e. The lowest BCUT2D eigenvalue weighted by Gasteiger charge is -2.48. The molecule has 2 aromatic rings. The first kappa shape index (κ1) is 31.5. The van der Waals surface area contributed by atoms with E-state index >= 15 is 0 Å². The zero-order valence-electron chi connectivity index (χ0n) is 25.3. The normalized spacial score (nSPS) is 20.0. The molecule has 6 nitrogen and oxygen atoms in total. The molecule has 1 saturated carbocycles. The van der Waals surface area contributed by atoms with Crippen molar-refractivity contribution in [2.75, 3.05) is 13.1 Å². The molecule has 0 radical (unpaired) electrons. The largest absolute Gasteiger partial charge is 0.415 e. The van der Waals surface area contributed by atoms with Crippen LogP contribution in [0.25, 0.3) is 0 Å². The first-order chi connectivity index (χ1) is 19.1. The Hall–Kier alpha value is -3.02. The third kappa shape index (κ3) is 10.2. The Morgan fingerprint density at radius 3 is 2.27 bits per heavy atom. The summed E-state index contributed by atoms with van der Waals surface area (Å²) in [6, 6.07) is 17.0. The van der Waals surface area contributed by atoms with Crippen molar-refractivity contribution in [3.05, 3.63) is 60.2 Å². The fraction of sp³-hybridized carbons (Fsp3) is 0.588. The summed E-state index contributed by atoms with van der Waals surface area (Å²) in [5, 5.41) is 3.17. The lowest BCUT2D eigenvalue weighted by atomic mass is 9.62. The predicted octanol–water partition coefficient (Wildman–Crippen LogP) is 8.78. The molecule has 1 aliphatic carbocycles. The molecule has 2 atom stereocenters. The fourth-order valence-electron chi connectivity index (χ4n) is 6.43. The summed E-state index contributed by atoms with van der Waals surface area (Å²) in [7, 11) is 0. The van der Waals surface area contributed by atoms with E-state index in [1.54, 1.807) is 12.1 Å². The van der Waals surface area contributed by atoms with Crippen LogP contribution in [0.15, 0.2) is 54.6 Å². The first-order valence-corrected chi connectivity index (χ1v) is 15.2. The van der Waals surface area contributed by atoms with Crippen molar-refractivity contribution in [2.45, 2.75) is 105 Å². The number of amides is 2. The van der Waals surface area contributed by atoms with E-state index in [0.717, 1.165) is 69.8 Å². The summed E-state index contributed by atoms with van der Waals surface area (Å²) < 4.78 is 11.6. The van der Waals surface area contributed by atoms with E-state index in [2.05, 4.69) is 39.9 Å². The van der Waals surface area contributed by atoms with Gasteiger partial charge in [-0.1, -0.05) is 96.7 Å². The van der Waals surface area contributed by atoms with E-state index < -0.39 is 6.09 Å². The highest BCUT2D eigenvalue weighted by molar-refractivity contribution is 5.71. The van der Waals surface area contributed by atoms with Crippen LogP contribution in [0.2, 0.25) is 0 Å². The van der Waals surface area contributed by atoms with Crippen LogP contribution in [0.4, 0.5) is 9.59 Å². The van der Waals surface area contributed by atoms with Crippen molar-refractivity contribution >= 4 is 12.2 Å². The minimum absolute atomic E-state index is 0.00142. The highest BCUT2D eigenvalue weighted by Crippen LogP contribution is 2.46. The van der Waals surface area contributed by atoms with Gasteiger partial charge in [-0.3, -0.25) is 0 Å². The average molecular weight is 551 g/mol. The van der Waals surface area contributed by atoms with Crippen LogP contribution in [-0.2, 0) is 6.42 Å². The van der Waals surface area contributed by atoms with Gasteiger partial charge in [0.1, 0.15) is 11.5 Å². The van der Waals surface area contributed by atoms with Gasteiger partial charge in [0, 0.05) is 19.1 Å². The third-order valence-electron chi connectivity index (χ3n) is 7.80. The quantitative estimate of drug-likeness (QED) is 0.253. The lowest BCUT2D eigenvalue weighted by Crippen LogP contribution is -2.52. The third-order valence-corrected chi connectivity index (χ3v) is 7.80. The standard InChI is InChI=1S/C34H50N2O4/c1-6-8-11-17-27-18-14-15-21-30(27)40-31(37)35-28-23-33(3,4)25-34(5,24-28)26-36(22-16-9-7-2)32(38)39-29-19-12-10-13-20-29/h10,12-15,18-21,28H,6-9,11,16-17,22-26H2,1-5H3,(H,35,37). The molecule has 0 aliphatic heterocycles. The summed E-state index contributed by atoms with van der Waals surface area (Å²) >= 11 is 0. The number of carbonyl (C=O) groups excluding carboxylic acids is 2. The highest BCUT2D eigenvalue weighted by Gasteiger charge is 2.43. The molecule has 3 rings (SSSR count). The van der Waals surface area contributed by atoms with E-state index in [4.69, 9.17) is 9.47 Å². The molecular weight excluding hydrogens is 500 g/mol. The summed E-state index contributed by atoms with van der Waals surface area (Å²) in [6.45, 7) is 12.3.